The first-order valence-corrected chi connectivity index (χ1v) is 3.98. The highest BCUT2D eigenvalue weighted by molar-refractivity contribution is 14.1. The zero-order valence-electron chi connectivity index (χ0n) is 5.22. The Morgan fingerprint density at radius 1 is 1.89 bits per heavy atom. The summed E-state index contributed by atoms with van der Waals surface area (Å²) < 4.78 is 0.537. The summed E-state index contributed by atoms with van der Waals surface area (Å²) >= 11 is 2.26. The molecule has 0 spiro atoms. The highest BCUT2D eigenvalue weighted by atomic mass is 127. The molecule has 4 heteroatoms. The van der Waals surface area contributed by atoms with Crippen LogP contribution in [0.3, 0.4) is 0 Å². The third-order valence-electron chi connectivity index (χ3n) is 0.818. The molecular formula is C5H10INO2. The Morgan fingerprint density at radius 2 is 2.44 bits per heavy atom. The third kappa shape index (κ3) is 8.00. The van der Waals surface area contributed by atoms with E-state index in [0.29, 0.717) is 10.5 Å². The first-order valence-electron chi connectivity index (χ1n) is 2.74. The second-order valence-electron chi connectivity index (χ2n) is 1.80. The molecule has 0 aliphatic heterocycles. The molecule has 0 aromatic carbocycles. The van der Waals surface area contributed by atoms with Gasteiger partial charge in [-0.25, -0.2) is 4.79 Å². The standard InChI is InChI=1S/C5H10INO2/c1-4(6)2-3-7-5(8)9/h4,7H,2-3H2,1H3,(H,8,9). The van der Waals surface area contributed by atoms with Crippen LogP contribution in [0.1, 0.15) is 13.3 Å². The van der Waals surface area contributed by atoms with Crippen molar-refractivity contribution in [2.45, 2.75) is 17.3 Å². The minimum absolute atomic E-state index is 0.537. The van der Waals surface area contributed by atoms with Gasteiger partial charge < -0.3 is 10.4 Å². The molecule has 2 N–H and O–H groups in total. The number of rotatable bonds is 3. The van der Waals surface area contributed by atoms with Crippen LogP contribution in [0.2, 0.25) is 0 Å². The summed E-state index contributed by atoms with van der Waals surface area (Å²) in [7, 11) is 0. The number of alkyl halides is 1. The highest BCUT2D eigenvalue weighted by Crippen LogP contribution is 2.01. The van der Waals surface area contributed by atoms with Crippen molar-refractivity contribution < 1.29 is 9.90 Å². The number of amides is 1. The predicted octanol–water partition coefficient (Wildman–Crippen LogP) is 1.47. The van der Waals surface area contributed by atoms with E-state index in [2.05, 4.69) is 27.9 Å². The normalized spacial score (nSPS) is 12.7. The zero-order valence-corrected chi connectivity index (χ0v) is 7.38. The molecule has 0 fully saturated rings. The first-order chi connectivity index (χ1) is 4.13. The Bertz CT molecular complexity index is 95.0. The van der Waals surface area contributed by atoms with Crippen LogP contribution in [0, 0.1) is 0 Å². The summed E-state index contributed by atoms with van der Waals surface area (Å²) in [6.45, 7) is 2.60. The second kappa shape index (κ2) is 4.84. The van der Waals surface area contributed by atoms with Crippen LogP contribution in [0.25, 0.3) is 0 Å². The van der Waals surface area contributed by atoms with Gasteiger partial charge in [0, 0.05) is 10.5 Å². The molecule has 0 radical (unpaired) electrons. The maximum Gasteiger partial charge on any atom is 0.404 e. The van der Waals surface area contributed by atoms with Crippen molar-refractivity contribution in [2.24, 2.45) is 0 Å². The van der Waals surface area contributed by atoms with Gasteiger partial charge >= 0.3 is 6.09 Å². The quantitative estimate of drug-likeness (QED) is 0.582. The summed E-state index contributed by atoms with van der Waals surface area (Å²) in [6.07, 6.45) is -0.0422. The number of hydrogen-bond donors (Lipinski definition) is 2. The van der Waals surface area contributed by atoms with Crippen molar-refractivity contribution in [2.75, 3.05) is 6.54 Å². The lowest BCUT2D eigenvalue weighted by Gasteiger charge is -2.00. The predicted molar refractivity (Wildman–Crippen MR) is 44.1 cm³/mol. The van der Waals surface area contributed by atoms with E-state index in [9.17, 15) is 4.79 Å². The minimum Gasteiger partial charge on any atom is -0.465 e. The van der Waals surface area contributed by atoms with Crippen molar-refractivity contribution in [3.8, 4) is 0 Å². The largest absolute Gasteiger partial charge is 0.465 e. The van der Waals surface area contributed by atoms with E-state index in [1.807, 2.05) is 6.92 Å². The molecule has 0 aromatic rings. The minimum atomic E-state index is -0.938. The van der Waals surface area contributed by atoms with E-state index in [-0.39, 0.29) is 0 Å². The van der Waals surface area contributed by atoms with Gasteiger partial charge in [0.15, 0.2) is 0 Å². The molecule has 9 heavy (non-hydrogen) atoms. The molecule has 0 saturated carbocycles. The average molecular weight is 243 g/mol. The fourth-order valence-corrected chi connectivity index (χ4v) is 0.689. The van der Waals surface area contributed by atoms with E-state index in [1.54, 1.807) is 0 Å². The molecule has 0 saturated heterocycles. The lowest BCUT2D eigenvalue weighted by atomic mass is 10.3. The van der Waals surface area contributed by atoms with Crippen molar-refractivity contribution in [3.63, 3.8) is 0 Å². The van der Waals surface area contributed by atoms with Gasteiger partial charge in [-0.15, -0.1) is 0 Å². The molecular weight excluding hydrogens is 233 g/mol. The van der Waals surface area contributed by atoms with Gasteiger partial charge in [0.25, 0.3) is 0 Å². The molecule has 0 aromatic heterocycles. The van der Waals surface area contributed by atoms with Crippen molar-refractivity contribution >= 4 is 28.7 Å². The Balaban J connectivity index is 3.01. The molecule has 0 rings (SSSR count). The lowest BCUT2D eigenvalue weighted by Crippen LogP contribution is -2.23. The van der Waals surface area contributed by atoms with Crippen LogP contribution in [0.4, 0.5) is 4.79 Å². The van der Waals surface area contributed by atoms with E-state index in [4.69, 9.17) is 5.11 Å². The first kappa shape index (κ1) is 9.00. The van der Waals surface area contributed by atoms with Gasteiger partial charge in [-0.1, -0.05) is 29.5 Å². The van der Waals surface area contributed by atoms with Crippen LogP contribution in [-0.2, 0) is 0 Å². The average Bonchev–Trinajstić information content (AvgIpc) is 1.63. The molecule has 1 atom stereocenters. The highest BCUT2D eigenvalue weighted by Gasteiger charge is 1.96. The van der Waals surface area contributed by atoms with E-state index < -0.39 is 6.09 Å². The van der Waals surface area contributed by atoms with Crippen molar-refractivity contribution in [3.05, 3.63) is 0 Å². The summed E-state index contributed by atoms with van der Waals surface area (Å²) in [5.74, 6) is 0. The van der Waals surface area contributed by atoms with Crippen molar-refractivity contribution in [1.82, 2.24) is 5.32 Å². The Morgan fingerprint density at radius 3 is 2.78 bits per heavy atom. The molecule has 0 aliphatic rings. The van der Waals surface area contributed by atoms with Crippen LogP contribution in [0.5, 0.6) is 0 Å². The van der Waals surface area contributed by atoms with Gasteiger partial charge in [-0.2, -0.15) is 0 Å². The summed E-state index contributed by atoms with van der Waals surface area (Å²) in [4.78, 5) is 9.87. The fourth-order valence-electron chi connectivity index (χ4n) is 0.378. The number of carbonyl (C=O) groups is 1. The monoisotopic (exact) mass is 243 g/mol. The Labute approximate surface area is 68.0 Å². The number of hydrogen-bond acceptors (Lipinski definition) is 1. The van der Waals surface area contributed by atoms with Crippen LogP contribution in [-0.4, -0.2) is 21.7 Å². The summed E-state index contributed by atoms with van der Waals surface area (Å²) in [5, 5.41) is 10.4. The molecule has 0 aliphatic carbocycles. The van der Waals surface area contributed by atoms with Crippen LogP contribution in [0.15, 0.2) is 0 Å². The molecule has 54 valence electrons. The molecule has 3 nitrogen and oxygen atoms in total. The fraction of sp³-hybridized carbons (Fsp3) is 0.800. The second-order valence-corrected chi connectivity index (χ2v) is 3.93. The summed E-state index contributed by atoms with van der Waals surface area (Å²) in [5.41, 5.74) is 0. The van der Waals surface area contributed by atoms with Crippen LogP contribution < -0.4 is 5.32 Å². The molecule has 1 amide bonds. The number of halogens is 1. The Hall–Kier alpha value is 0. The van der Waals surface area contributed by atoms with Gasteiger partial charge in [-0.3, -0.25) is 0 Å². The van der Waals surface area contributed by atoms with Gasteiger partial charge in [-0.05, 0) is 6.42 Å². The molecule has 1 unspecified atom stereocenters. The van der Waals surface area contributed by atoms with E-state index in [0.717, 1.165) is 6.42 Å². The van der Waals surface area contributed by atoms with Crippen LogP contribution >= 0.6 is 22.6 Å². The van der Waals surface area contributed by atoms with Gasteiger partial charge in [0.05, 0.1) is 0 Å². The van der Waals surface area contributed by atoms with Gasteiger partial charge in [0.1, 0.15) is 0 Å². The maximum absolute atomic E-state index is 9.87. The number of carboxylic acid groups (broad SMARTS) is 1. The third-order valence-corrected chi connectivity index (χ3v) is 1.44. The van der Waals surface area contributed by atoms with E-state index in [1.165, 1.54) is 0 Å². The Kier molecular flexibility index (Phi) is 4.84. The smallest absolute Gasteiger partial charge is 0.404 e. The topological polar surface area (TPSA) is 49.3 Å². The molecule has 0 heterocycles. The lowest BCUT2D eigenvalue weighted by molar-refractivity contribution is 0.194. The number of nitrogens with one attached hydrogen (secondary N) is 1. The van der Waals surface area contributed by atoms with E-state index >= 15 is 0 Å². The SMILES string of the molecule is CC(I)CCNC(=O)O. The maximum atomic E-state index is 9.87. The van der Waals surface area contributed by atoms with Crippen molar-refractivity contribution in [1.29, 1.82) is 0 Å². The molecule has 0 bridgehead atoms. The summed E-state index contributed by atoms with van der Waals surface area (Å²) in [6, 6.07) is 0. The van der Waals surface area contributed by atoms with Gasteiger partial charge in [0.2, 0.25) is 0 Å². The zero-order chi connectivity index (χ0) is 7.28.